The molecule has 0 atom stereocenters. The van der Waals surface area contributed by atoms with E-state index in [1.54, 1.807) is 36.0 Å². The van der Waals surface area contributed by atoms with E-state index >= 15 is 0 Å². The van der Waals surface area contributed by atoms with Gasteiger partial charge in [0.15, 0.2) is 0 Å². The molecule has 0 aliphatic carbocycles. The van der Waals surface area contributed by atoms with Gasteiger partial charge in [-0.1, -0.05) is 17.7 Å². The van der Waals surface area contributed by atoms with E-state index in [4.69, 9.17) is 11.6 Å². The van der Waals surface area contributed by atoms with Gasteiger partial charge in [0.05, 0.1) is 5.69 Å². The molecule has 4 nitrogen and oxygen atoms in total. The minimum atomic E-state index is -0.240. The molecule has 1 aliphatic rings. The van der Waals surface area contributed by atoms with Crippen molar-refractivity contribution >= 4 is 46.6 Å². The van der Waals surface area contributed by atoms with Crippen LogP contribution in [0.2, 0.25) is 5.02 Å². The number of anilines is 2. The molecule has 0 radical (unpaired) electrons. The predicted molar refractivity (Wildman–Crippen MR) is 94.6 cm³/mol. The summed E-state index contributed by atoms with van der Waals surface area (Å²) in [6.45, 7) is 1.90. The van der Waals surface area contributed by atoms with E-state index in [0.29, 0.717) is 28.4 Å². The summed E-state index contributed by atoms with van der Waals surface area (Å²) in [4.78, 5) is 25.0. The molecular weight excluding hydrogens is 332 g/mol. The molecule has 2 amide bonds. The van der Waals surface area contributed by atoms with Gasteiger partial charge in [-0.25, -0.2) is 0 Å². The van der Waals surface area contributed by atoms with Crippen LogP contribution in [0, 0.1) is 6.92 Å². The zero-order valence-electron chi connectivity index (χ0n) is 12.5. The first-order valence-corrected chi connectivity index (χ1v) is 8.53. The summed E-state index contributed by atoms with van der Waals surface area (Å²) in [5.41, 5.74) is 2.77. The number of fused-ring (bicyclic) bond motifs is 1. The molecule has 0 spiro atoms. The van der Waals surface area contributed by atoms with E-state index in [1.165, 1.54) is 0 Å². The zero-order chi connectivity index (χ0) is 16.4. The highest BCUT2D eigenvalue weighted by atomic mass is 35.5. The van der Waals surface area contributed by atoms with Crippen LogP contribution in [0.1, 0.15) is 22.3 Å². The number of amides is 2. The topological polar surface area (TPSA) is 58.2 Å². The Balaban J connectivity index is 1.82. The average Bonchev–Trinajstić information content (AvgIpc) is 2.70. The van der Waals surface area contributed by atoms with Crippen molar-refractivity contribution in [2.24, 2.45) is 0 Å². The fourth-order valence-corrected chi connectivity index (χ4v) is 3.35. The number of benzene rings is 2. The van der Waals surface area contributed by atoms with Crippen LogP contribution in [-0.2, 0) is 4.79 Å². The number of nitrogens with one attached hydrogen (secondary N) is 2. The van der Waals surface area contributed by atoms with Crippen LogP contribution in [0.3, 0.4) is 0 Å². The van der Waals surface area contributed by atoms with Crippen molar-refractivity contribution in [3.63, 3.8) is 0 Å². The van der Waals surface area contributed by atoms with Crippen LogP contribution in [0.15, 0.2) is 41.3 Å². The molecule has 2 aromatic rings. The minimum Gasteiger partial charge on any atom is -0.325 e. The largest absolute Gasteiger partial charge is 0.325 e. The van der Waals surface area contributed by atoms with E-state index in [9.17, 15) is 9.59 Å². The molecule has 1 heterocycles. The third kappa shape index (κ3) is 3.68. The SMILES string of the molecule is Cc1ccc(NC(=O)c2ccc3c(c2)NC(=O)CCS3)cc1Cl. The number of thioether (sulfide) groups is 1. The fraction of sp³-hybridized carbons (Fsp3) is 0.176. The third-order valence-electron chi connectivity index (χ3n) is 3.53. The van der Waals surface area contributed by atoms with Crippen molar-refractivity contribution in [1.82, 2.24) is 0 Å². The second kappa shape index (κ2) is 6.64. The Labute approximate surface area is 143 Å². The first kappa shape index (κ1) is 15.9. The Morgan fingerprint density at radius 3 is 2.87 bits per heavy atom. The molecular formula is C17H15ClN2O2S. The van der Waals surface area contributed by atoms with Crippen molar-refractivity contribution in [1.29, 1.82) is 0 Å². The average molecular weight is 347 g/mol. The summed E-state index contributed by atoms with van der Waals surface area (Å²) < 4.78 is 0. The quantitative estimate of drug-likeness (QED) is 0.850. The predicted octanol–water partition coefficient (Wildman–Crippen LogP) is 4.34. The van der Waals surface area contributed by atoms with Crippen LogP contribution in [0.5, 0.6) is 0 Å². The highest BCUT2D eigenvalue weighted by Gasteiger charge is 2.16. The van der Waals surface area contributed by atoms with E-state index in [1.807, 2.05) is 19.1 Å². The summed E-state index contributed by atoms with van der Waals surface area (Å²) in [5, 5.41) is 6.26. The van der Waals surface area contributed by atoms with E-state index in [2.05, 4.69) is 10.6 Å². The van der Waals surface area contributed by atoms with Gasteiger partial charge in [0.2, 0.25) is 5.91 Å². The van der Waals surface area contributed by atoms with Crippen LogP contribution in [0.4, 0.5) is 11.4 Å². The first-order chi connectivity index (χ1) is 11.0. The summed E-state index contributed by atoms with van der Waals surface area (Å²) >= 11 is 7.68. The molecule has 0 bridgehead atoms. The molecule has 1 aliphatic heterocycles. The Bertz CT molecular complexity index is 792. The number of rotatable bonds is 2. The minimum absolute atomic E-state index is 0.0286. The second-order valence-electron chi connectivity index (χ2n) is 5.28. The Morgan fingerprint density at radius 1 is 1.26 bits per heavy atom. The monoisotopic (exact) mass is 346 g/mol. The van der Waals surface area contributed by atoms with Gasteiger partial charge in [-0.2, -0.15) is 0 Å². The van der Waals surface area contributed by atoms with Crippen LogP contribution in [0.25, 0.3) is 0 Å². The van der Waals surface area contributed by atoms with Crippen molar-refractivity contribution in [2.75, 3.05) is 16.4 Å². The van der Waals surface area contributed by atoms with Crippen molar-refractivity contribution in [3.05, 3.63) is 52.5 Å². The normalized spacial score (nSPS) is 13.7. The van der Waals surface area contributed by atoms with Gasteiger partial charge in [0.25, 0.3) is 5.91 Å². The van der Waals surface area contributed by atoms with E-state index in [0.717, 1.165) is 16.2 Å². The second-order valence-corrected chi connectivity index (χ2v) is 6.82. The first-order valence-electron chi connectivity index (χ1n) is 7.17. The Kier molecular flexibility index (Phi) is 4.59. The number of halogens is 1. The molecule has 0 saturated heterocycles. The Morgan fingerprint density at radius 2 is 2.09 bits per heavy atom. The molecule has 0 unspecified atom stereocenters. The van der Waals surface area contributed by atoms with Gasteiger partial charge < -0.3 is 10.6 Å². The fourth-order valence-electron chi connectivity index (χ4n) is 2.24. The van der Waals surface area contributed by atoms with Gasteiger partial charge in [-0.3, -0.25) is 9.59 Å². The van der Waals surface area contributed by atoms with Gasteiger partial charge in [0.1, 0.15) is 0 Å². The summed E-state index contributed by atoms with van der Waals surface area (Å²) in [6.07, 6.45) is 0.475. The zero-order valence-corrected chi connectivity index (χ0v) is 14.1. The molecule has 0 fully saturated rings. The molecule has 6 heteroatoms. The van der Waals surface area contributed by atoms with Gasteiger partial charge in [-0.15, -0.1) is 11.8 Å². The maximum Gasteiger partial charge on any atom is 0.255 e. The number of hydrogen-bond acceptors (Lipinski definition) is 3. The highest BCUT2D eigenvalue weighted by Crippen LogP contribution is 2.31. The summed E-state index contributed by atoms with van der Waals surface area (Å²) in [6, 6.07) is 10.7. The molecule has 3 rings (SSSR count). The van der Waals surface area contributed by atoms with E-state index < -0.39 is 0 Å². The lowest BCUT2D eigenvalue weighted by molar-refractivity contribution is -0.115. The lowest BCUT2D eigenvalue weighted by atomic mass is 10.1. The van der Waals surface area contributed by atoms with Crippen LogP contribution < -0.4 is 10.6 Å². The standard InChI is InChI=1S/C17H15ClN2O2S/c1-10-2-4-12(9-13(10)18)19-17(22)11-3-5-15-14(8-11)20-16(21)6-7-23-15/h2-5,8-9H,6-7H2,1H3,(H,19,22)(H,20,21). The molecule has 0 saturated carbocycles. The number of aryl methyl sites for hydroxylation is 1. The molecule has 2 N–H and O–H groups in total. The van der Waals surface area contributed by atoms with E-state index in [-0.39, 0.29) is 11.8 Å². The Hall–Kier alpha value is -1.98. The van der Waals surface area contributed by atoms with Gasteiger partial charge in [0, 0.05) is 33.3 Å². The van der Waals surface area contributed by atoms with Crippen molar-refractivity contribution < 1.29 is 9.59 Å². The van der Waals surface area contributed by atoms with Crippen molar-refractivity contribution in [2.45, 2.75) is 18.2 Å². The number of carbonyl (C=O) groups is 2. The lowest BCUT2D eigenvalue weighted by Crippen LogP contribution is -2.14. The highest BCUT2D eigenvalue weighted by molar-refractivity contribution is 7.99. The van der Waals surface area contributed by atoms with Gasteiger partial charge >= 0.3 is 0 Å². The lowest BCUT2D eigenvalue weighted by Gasteiger charge is -2.10. The molecule has 118 valence electrons. The van der Waals surface area contributed by atoms with Crippen LogP contribution >= 0.6 is 23.4 Å². The molecule has 23 heavy (non-hydrogen) atoms. The van der Waals surface area contributed by atoms with Gasteiger partial charge in [-0.05, 0) is 42.8 Å². The summed E-state index contributed by atoms with van der Waals surface area (Å²) in [5.74, 6) is 0.474. The maximum absolute atomic E-state index is 12.4. The maximum atomic E-state index is 12.4. The third-order valence-corrected chi connectivity index (χ3v) is 5.01. The number of carbonyl (C=O) groups excluding carboxylic acids is 2. The molecule has 2 aromatic carbocycles. The summed E-state index contributed by atoms with van der Waals surface area (Å²) in [7, 11) is 0. The smallest absolute Gasteiger partial charge is 0.255 e. The number of hydrogen-bond donors (Lipinski definition) is 2. The van der Waals surface area contributed by atoms with Crippen molar-refractivity contribution in [3.8, 4) is 0 Å². The molecule has 0 aromatic heterocycles. The van der Waals surface area contributed by atoms with Crippen LogP contribution in [-0.4, -0.2) is 17.6 Å².